The van der Waals surface area contributed by atoms with Gasteiger partial charge in [0.25, 0.3) is 0 Å². The van der Waals surface area contributed by atoms with Crippen molar-refractivity contribution in [2.24, 2.45) is 0 Å². The molecule has 0 bridgehead atoms. The third kappa shape index (κ3) is 2.93. The van der Waals surface area contributed by atoms with E-state index < -0.39 is 0 Å². The third-order valence-corrected chi connectivity index (χ3v) is 3.41. The molecule has 18 heavy (non-hydrogen) atoms. The van der Waals surface area contributed by atoms with Crippen molar-refractivity contribution in [1.29, 1.82) is 5.26 Å². The van der Waals surface area contributed by atoms with Crippen LogP contribution in [0.1, 0.15) is 37.4 Å². The van der Waals surface area contributed by atoms with Gasteiger partial charge in [0.2, 0.25) is 0 Å². The van der Waals surface area contributed by atoms with E-state index in [2.05, 4.69) is 9.88 Å². The predicted molar refractivity (Wildman–Crippen MR) is 67.7 cm³/mol. The molecule has 0 aromatic carbocycles. The lowest BCUT2D eigenvalue weighted by atomic mass is 9.98. The molecule has 1 aromatic rings. The largest absolute Gasteiger partial charge is 0.298 e. The van der Waals surface area contributed by atoms with Crippen molar-refractivity contribution in [3.8, 4) is 6.07 Å². The van der Waals surface area contributed by atoms with Gasteiger partial charge >= 0.3 is 0 Å². The van der Waals surface area contributed by atoms with Crippen molar-refractivity contribution >= 4 is 5.78 Å². The summed E-state index contributed by atoms with van der Waals surface area (Å²) in [5.74, 6) is 0.240. The number of ketones is 1. The SMILES string of the molecule is CC(=O)C1CCCCN1Cc1ccnc(C#N)c1. The van der Waals surface area contributed by atoms with Crippen LogP contribution in [0.4, 0.5) is 0 Å². The van der Waals surface area contributed by atoms with E-state index in [1.807, 2.05) is 12.1 Å². The maximum absolute atomic E-state index is 11.6. The summed E-state index contributed by atoms with van der Waals surface area (Å²) < 4.78 is 0. The Balaban J connectivity index is 2.11. The fourth-order valence-corrected chi connectivity index (χ4v) is 2.51. The second-order valence-electron chi connectivity index (χ2n) is 4.75. The maximum Gasteiger partial charge on any atom is 0.146 e. The number of nitrogens with zero attached hydrogens (tertiary/aromatic N) is 3. The first-order valence-corrected chi connectivity index (χ1v) is 6.30. The Bertz CT molecular complexity index is 478. The fraction of sp³-hybridized carbons (Fsp3) is 0.500. The predicted octanol–water partition coefficient (Wildman–Crippen LogP) is 1.90. The number of rotatable bonds is 3. The zero-order valence-electron chi connectivity index (χ0n) is 10.6. The summed E-state index contributed by atoms with van der Waals surface area (Å²) >= 11 is 0. The third-order valence-electron chi connectivity index (χ3n) is 3.41. The molecular weight excluding hydrogens is 226 g/mol. The van der Waals surface area contributed by atoms with Gasteiger partial charge < -0.3 is 0 Å². The molecule has 0 radical (unpaired) electrons. The first kappa shape index (κ1) is 12.7. The number of carbonyl (C=O) groups is 1. The number of carbonyl (C=O) groups excluding carboxylic acids is 1. The van der Waals surface area contributed by atoms with Crippen LogP contribution in [0.5, 0.6) is 0 Å². The molecule has 2 heterocycles. The molecule has 1 unspecified atom stereocenters. The number of piperidine rings is 1. The smallest absolute Gasteiger partial charge is 0.146 e. The lowest BCUT2D eigenvalue weighted by molar-refractivity contribution is -0.123. The van der Waals surface area contributed by atoms with Crippen LogP contribution in [0.3, 0.4) is 0 Å². The zero-order chi connectivity index (χ0) is 13.0. The number of hydrogen-bond donors (Lipinski definition) is 0. The van der Waals surface area contributed by atoms with Gasteiger partial charge in [-0.1, -0.05) is 6.42 Å². The molecule has 1 aliphatic heterocycles. The van der Waals surface area contributed by atoms with Crippen LogP contribution in [-0.2, 0) is 11.3 Å². The molecule has 0 spiro atoms. The average Bonchev–Trinajstić information content (AvgIpc) is 2.39. The lowest BCUT2D eigenvalue weighted by Crippen LogP contribution is -2.43. The molecule has 0 saturated carbocycles. The highest BCUT2D eigenvalue weighted by molar-refractivity contribution is 5.81. The van der Waals surface area contributed by atoms with Crippen molar-refractivity contribution in [1.82, 2.24) is 9.88 Å². The Labute approximate surface area is 107 Å². The summed E-state index contributed by atoms with van der Waals surface area (Å²) in [4.78, 5) is 17.8. The van der Waals surface area contributed by atoms with Crippen LogP contribution in [0.15, 0.2) is 18.3 Å². The van der Waals surface area contributed by atoms with Gasteiger partial charge in [0.1, 0.15) is 17.5 Å². The van der Waals surface area contributed by atoms with Gasteiger partial charge in [-0.25, -0.2) is 4.98 Å². The number of aromatic nitrogens is 1. The normalized spacial score (nSPS) is 20.3. The number of likely N-dealkylation sites (tertiary alicyclic amines) is 1. The highest BCUT2D eigenvalue weighted by Gasteiger charge is 2.25. The van der Waals surface area contributed by atoms with Gasteiger partial charge in [0, 0.05) is 12.7 Å². The molecule has 0 N–H and O–H groups in total. The van der Waals surface area contributed by atoms with Crippen molar-refractivity contribution in [2.75, 3.05) is 6.54 Å². The second kappa shape index (κ2) is 5.74. The second-order valence-corrected chi connectivity index (χ2v) is 4.75. The average molecular weight is 243 g/mol. The van der Waals surface area contributed by atoms with Crippen LogP contribution in [0.2, 0.25) is 0 Å². The van der Waals surface area contributed by atoms with E-state index in [0.29, 0.717) is 5.69 Å². The quantitative estimate of drug-likeness (QED) is 0.813. The first-order chi connectivity index (χ1) is 8.70. The fourth-order valence-electron chi connectivity index (χ4n) is 2.51. The minimum absolute atomic E-state index is 0.0393. The Morgan fingerprint density at radius 2 is 2.44 bits per heavy atom. The van der Waals surface area contributed by atoms with Crippen LogP contribution >= 0.6 is 0 Å². The summed E-state index contributed by atoms with van der Waals surface area (Å²) in [5.41, 5.74) is 1.48. The first-order valence-electron chi connectivity index (χ1n) is 6.30. The Kier molecular flexibility index (Phi) is 4.06. The van der Waals surface area contributed by atoms with Crippen molar-refractivity contribution in [3.63, 3.8) is 0 Å². The van der Waals surface area contributed by atoms with Gasteiger partial charge in [-0.3, -0.25) is 9.69 Å². The molecule has 4 heteroatoms. The van der Waals surface area contributed by atoms with Gasteiger partial charge in [-0.2, -0.15) is 5.26 Å². The maximum atomic E-state index is 11.6. The minimum atomic E-state index is 0.0393. The van der Waals surface area contributed by atoms with E-state index in [0.717, 1.165) is 37.9 Å². The monoisotopic (exact) mass is 243 g/mol. The number of nitriles is 1. The van der Waals surface area contributed by atoms with Crippen molar-refractivity contribution < 1.29 is 4.79 Å². The zero-order valence-corrected chi connectivity index (χ0v) is 10.6. The van der Waals surface area contributed by atoms with Crippen molar-refractivity contribution in [2.45, 2.75) is 38.8 Å². The van der Waals surface area contributed by atoms with Gasteiger partial charge in [-0.15, -0.1) is 0 Å². The summed E-state index contributed by atoms with van der Waals surface area (Å²) in [6.45, 7) is 3.34. The molecule has 1 aromatic heterocycles. The number of Topliss-reactive ketones (excluding diaryl/α,β-unsaturated/α-hetero) is 1. The van der Waals surface area contributed by atoms with Crippen molar-refractivity contribution in [3.05, 3.63) is 29.6 Å². The van der Waals surface area contributed by atoms with Gasteiger partial charge in [0.15, 0.2) is 0 Å². The molecule has 0 amide bonds. The Hall–Kier alpha value is -1.73. The Morgan fingerprint density at radius 3 is 3.17 bits per heavy atom. The molecule has 94 valence electrons. The molecule has 1 aliphatic rings. The van der Waals surface area contributed by atoms with E-state index in [9.17, 15) is 4.79 Å². The van der Waals surface area contributed by atoms with E-state index in [1.165, 1.54) is 0 Å². The molecule has 1 atom stereocenters. The van der Waals surface area contributed by atoms with Gasteiger partial charge in [0.05, 0.1) is 6.04 Å². The van der Waals surface area contributed by atoms with Crippen LogP contribution < -0.4 is 0 Å². The van der Waals surface area contributed by atoms with Crippen LogP contribution in [0, 0.1) is 11.3 Å². The molecular formula is C14H17N3O. The summed E-state index contributed by atoms with van der Waals surface area (Å²) in [5, 5.41) is 8.83. The van der Waals surface area contributed by atoms with E-state index >= 15 is 0 Å². The molecule has 2 rings (SSSR count). The number of hydrogen-bond acceptors (Lipinski definition) is 4. The van der Waals surface area contributed by atoms with Crippen LogP contribution in [0.25, 0.3) is 0 Å². The highest BCUT2D eigenvalue weighted by Crippen LogP contribution is 2.20. The van der Waals surface area contributed by atoms with E-state index in [1.54, 1.807) is 19.2 Å². The highest BCUT2D eigenvalue weighted by atomic mass is 16.1. The minimum Gasteiger partial charge on any atom is -0.298 e. The van der Waals surface area contributed by atoms with Gasteiger partial charge in [-0.05, 0) is 44.0 Å². The van der Waals surface area contributed by atoms with E-state index in [-0.39, 0.29) is 11.8 Å². The number of pyridine rings is 1. The molecule has 1 fully saturated rings. The summed E-state index contributed by atoms with van der Waals surface area (Å²) in [7, 11) is 0. The Morgan fingerprint density at radius 1 is 1.61 bits per heavy atom. The molecule has 1 saturated heterocycles. The standard InChI is InChI=1S/C14H17N3O/c1-11(18)14-4-2-3-7-17(14)10-12-5-6-16-13(8-12)9-15/h5-6,8,14H,2-4,7,10H2,1H3. The van der Waals surface area contributed by atoms with E-state index in [4.69, 9.17) is 5.26 Å². The van der Waals surface area contributed by atoms with Crippen LogP contribution in [-0.4, -0.2) is 28.3 Å². The lowest BCUT2D eigenvalue weighted by Gasteiger charge is -2.34. The summed E-state index contributed by atoms with van der Waals surface area (Å²) in [6, 6.07) is 5.79. The summed E-state index contributed by atoms with van der Waals surface area (Å²) in [6.07, 6.45) is 4.87. The molecule has 0 aliphatic carbocycles. The topological polar surface area (TPSA) is 57.0 Å². The molecule has 4 nitrogen and oxygen atoms in total.